The smallest absolute Gasteiger partial charge is 0.170 e. The van der Waals surface area contributed by atoms with E-state index in [4.69, 9.17) is 9.47 Å². The summed E-state index contributed by atoms with van der Waals surface area (Å²) in [7, 11) is 1.49. The minimum Gasteiger partial charge on any atom is -0.760 e. The van der Waals surface area contributed by atoms with Crippen LogP contribution in [0.3, 0.4) is 0 Å². The van der Waals surface area contributed by atoms with E-state index >= 15 is 0 Å². The molecule has 0 saturated carbocycles. The van der Waals surface area contributed by atoms with E-state index in [2.05, 4.69) is 0 Å². The van der Waals surface area contributed by atoms with Crippen LogP contribution in [0, 0.1) is 0 Å². The first-order chi connectivity index (χ1) is 5.24. The predicted octanol–water partition coefficient (Wildman–Crippen LogP) is -0.915. The molecule has 1 aliphatic rings. The fourth-order valence-corrected chi connectivity index (χ4v) is 1.34. The molecule has 0 bridgehead atoms. The first kappa shape index (κ1) is 9.08. The molecule has 2 unspecified atom stereocenters. The van der Waals surface area contributed by atoms with Crippen LogP contribution in [0.1, 0.15) is 0 Å². The largest absolute Gasteiger partial charge is 0.760 e. The third-order valence-electron chi connectivity index (χ3n) is 1.47. The summed E-state index contributed by atoms with van der Waals surface area (Å²) in [6.45, 7) is 1.09. The van der Waals surface area contributed by atoms with Crippen molar-refractivity contribution < 1.29 is 18.2 Å². The molecule has 66 valence electrons. The van der Waals surface area contributed by atoms with Gasteiger partial charge in [-0.25, -0.2) is 4.31 Å². The topological polar surface area (TPSA) is 61.8 Å². The van der Waals surface area contributed by atoms with Gasteiger partial charge in [-0.3, -0.25) is 4.21 Å². The van der Waals surface area contributed by atoms with Gasteiger partial charge in [0.15, 0.2) is 6.29 Å². The number of ether oxygens (including phenoxy) is 2. The Balaban J connectivity index is 2.39. The van der Waals surface area contributed by atoms with Crippen LogP contribution < -0.4 is 0 Å². The molecule has 5 nitrogen and oxygen atoms in total. The molecule has 0 aromatic heterocycles. The predicted molar refractivity (Wildman–Crippen MR) is 37.2 cm³/mol. The molecule has 2 atom stereocenters. The summed E-state index contributed by atoms with van der Waals surface area (Å²) >= 11 is -2.15. The zero-order chi connectivity index (χ0) is 8.27. The molecule has 1 rings (SSSR count). The lowest BCUT2D eigenvalue weighted by Crippen LogP contribution is -2.43. The highest BCUT2D eigenvalue weighted by molar-refractivity contribution is 7.76. The number of hydrogen-bond donors (Lipinski definition) is 0. The summed E-state index contributed by atoms with van der Waals surface area (Å²) in [5.41, 5.74) is 0. The Bertz CT molecular complexity index is 153. The second-order valence-corrected chi connectivity index (χ2v) is 3.09. The summed E-state index contributed by atoms with van der Waals surface area (Å²) < 4.78 is 32.0. The van der Waals surface area contributed by atoms with E-state index in [9.17, 15) is 8.76 Å². The van der Waals surface area contributed by atoms with Crippen LogP contribution in [0.15, 0.2) is 0 Å². The lowest BCUT2D eigenvalue weighted by Gasteiger charge is -2.32. The lowest BCUT2D eigenvalue weighted by molar-refractivity contribution is -0.151. The van der Waals surface area contributed by atoms with E-state index in [0.717, 1.165) is 0 Å². The minimum absolute atomic E-state index is 0.284. The van der Waals surface area contributed by atoms with Gasteiger partial charge in [0.1, 0.15) is 0 Å². The fourth-order valence-electron chi connectivity index (χ4n) is 0.874. The summed E-state index contributed by atoms with van der Waals surface area (Å²) in [6, 6.07) is 0. The number of morpholine rings is 1. The van der Waals surface area contributed by atoms with Crippen molar-refractivity contribution in [3.8, 4) is 0 Å². The zero-order valence-electron chi connectivity index (χ0n) is 6.19. The van der Waals surface area contributed by atoms with Crippen LogP contribution in [0.25, 0.3) is 0 Å². The van der Waals surface area contributed by atoms with Crippen LogP contribution in [-0.4, -0.2) is 46.2 Å². The van der Waals surface area contributed by atoms with E-state index in [1.54, 1.807) is 0 Å². The van der Waals surface area contributed by atoms with Crippen LogP contribution in [0.4, 0.5) is 0 Å². The highest BCUT2D eigenvalue weighted by Gasteiger charge is 2.19. The van der Waals surface area contributed by atoms with Gasteiger partial charge in [0.2, 0.25) is 0 Å². The molecule has 0 aromatic carbocycles. The SMILES string of the molecule is COC1CN(S(=O)[O-])CCO1. The van der Waals surface area contributed by atoms with Crippen molar-refractivity contribution in [3.05, 3.63) is 0 Å². The number of nitrogens with zero attached hydrogens (tertiary/aromatic N) is 1. The Morgan fingerprint density at radius 3 is 3.09 bits per heavy atom. The van der Waals surface area contributed by atoms with Gasteiger partial charge in [-0.1, -0.05) is 0 Å². The molecule has 0 amide bonds. The maximum Gasteiger partial charge on any atom is 0.170 e. The molecule has 0 N–H and O–H groups in total. The number of methoxy groups -OCH3 is 1. The molecule has 0 aliphatic carbocycles. The maximum atomic E-state index is 10.4. The van der Waals surface area contributed by atoms with Crippen molar-refractivity contribution in [2.45, 2.75) is 6.29 Å². The Morgan fingerprint density at radius 2 is 2.55 bits per heavy atom. The highest BCUT2D eigenvalue weighted by atomic mass is 32.2. The standard InChI is InChI=1S/C5H11NO4S/c1-9-5-4-6(11(7)8)2-3-10-5/h5H,2-4H2,1H3,(H,7,8)/p-1. The van der Waals surface area contributed by atoms with Gasteiger partial charge in [0.05, 0.1) is 13.2 Å². The van der Waals surface area contributed by atoms with Crippen molar-refractivity contribution in [2.75, 3.05) is 26.8 Å². The first-order valence-corrected chi connectivity index (χ1v) is 4.26. The third-order valence-corrected chi connectivity index (χ3v) is 2.22. The van der Waals surface area contributed by atoms with Crippen LogP contribution in [0.2, 0.25) is 0 Å². The first-order valence-electron chi connectivity index (χ1n) is 3.22. The van der Waals surface area contributed by atoms with Crippen molar-refractivity contribution in [1.29, 1.82) is 0 Å². The molecule has 11 heavy (non-hydrogen) atoms. The average Bonchev–Trinajstić information content (AvgIpc) is 2.05. The van der Waals surface area contributed by atoms with E-state index in [1.807, 2.05) is 0 Å². The van der Waals surface area contributed by atoms with Gasteiger partial charge in [-0.05, 0) is 0 Å². The van der Waals surface area contributed by atoms with E-state index in [1.165, 1.54) is 11.4 Å². The summed E-state index contributed by atoms with van der Waals surface area (Å²) in [6.07, 6.45) is -0.415. The van der Waals surface area contributed by atoms with E-state index in [-0.39, 0.29) is 6.54 Å². The molecule has 1 fully saturated rings. The van der Waals surface area contributed by atoms with Crippen molar-refractivity contribution >= 4 is 11.3 Å². The van der Waals surface area contributed by atoms with Crippen LogP contribution >= 0.6 is 0 Å². The Hall–Kier alpha value is -0.0100. The van der Waals surface area contributed by atoms with Gasteiger partial charge >= 0.3 is 0 Å². The molecular formula is C5H10NO4S-. The molecule has 0 radical (unpaired) electrons. The molecular weight excluding hydrogens is 170 g/mol. The molecule has 0 spiro atoms. The molecule has 1 saturated heterocycles. The highest BCUT2D eigenvalue weighted by Crippen LogP contribution is 2.06. The Kier molecular flexibility index (Phi) is 3.41. The van der Waals surface area contributed by atoms with Gasteiger partial charge in [-0.15, -0.1) is 0 Å². The summed E-state index contributed by atoms with van der Waals surface area (Å²) in [4.78, 5) is 0. The molecule has 6 heteroatoms. The third kappa shape index (κ3) is 2.49. The van der Waals surface area contributed by atoms with E-state index < -0.39 is 17.6 Å². The quantitative estimate of drug-likeness (QED) is 0.516. The average molecular weight is 180 g/mol. The second-order valence-electron chi connectivity index (χ2n) is 2.14. The van der Waals surface area contributed by atoms with Crippen molar-refractivity contribution in [3.63, 3.8) is 0 Å². The molecule has 1 aliphatic heterocycles. The van der Waals surface area contributed by atoms with Gasteiger partial charge < -0.3 is 14.0 Å². The van der Waals surface area contributed by atoms with Crippen LogP contribution in [0.5, 0.6) is 0 Å². The van der Waals surface area contributed by atoms with Gasteiger partial charge in [-0.2, -0.15) is 0 Å². The maximum absolute atomic E-state index is 10.4. The van der Waals surface area contributed by atoms with Crippen LogP contribution in [-0.2, 0) is 20.7 Å². The Morgan fingerprint density at radius 1 is 1.82 bits per heavy atom. The number of rotatable bonds is 2. The monoisotopic (exact) mass is 180 g/mol. The Labute approximate surface area is 67.7 Å². The summed E-state index contributed by atoms with van der Waals surface area (Å²) in [5.74, 6) is 0. The summed E-state index contributed by atoms with van der Waals surface area (Å²) in [5, 5.41) is 0. The normalized spacial score (nSPS) is 30.2. The zero-order valence-corrected chi connectivity index (χ0v) is 7.00. The molecule has 0 aromatic rings. The van der Waals surface area contributed by atoms with Gasteiger partial charge in [0, 0.05) is 24.9 Å². The molecule has 1 heterocycles. The minimum atomic E-state index is -2.15. The second kappa shape index (κ2) is 4.13. The lowest BCUT2D eigenvalue weighted by atomic mass is 10.5. The van der Waals surface area contributed by atoms with Crippen molar-refractivity contribution in [2.24, 2.45) is 0 Å². The van der Waals surface area contributed by atoms with E-state index in [0.29, 0.717) is 13.2 Å². The fraction of sp³-hybridized carbons (Fsp3) is 1.00. The van der Waals surface area contributed by atoms with Gasteiger partial charge in [0.25, 0.3) is 0 Å². The number of hydrogen-bond acceptors (Lipinski definition) is 4. The van der Waals surface area contributed by atoms with Crippen molar-refractivity contribution in [1.82, 2.24) is 4.31 Å².